The van der Waals surface area contributed by atoms with E-state index in [1.165, 1.54) is 0 Å². The monoisotopic (exact) mass is 354 g/mol. The third-order valence-corrected chi connectivity index (χ3v) is 4.04. The Hall–Kier alpha value is -3.00. The maximum absolute atomic E-state index is 12.4. The third kappa shape index (κ3) is 3.80. The zero-order chi connectivity index (χ0) is 18.7. The third-order valence-electron chi connectivity index (χ3n) is 4.04. The minimum atomic E-state index is -0.222. The Balaban J connectivity index is 1.68. The summed E-state index contributed by atoms with van der Waals surface area (Å²) < 4.78 is 3.47. The van der Waals surface area contributed by atoms with E-state index in [0.29, 0.717) is 30.3 Å². The van der Waals surface area contributed by atoms with E-state index < -0.39 is 0 Å². The van der Waals surface area contributed by atoms with Crippen LogP contribution in [0.2, 0.25) is 0 Å². The molecular formula is C18H22N6O2. The highest BCUT2D eigenvalue weighted by atomic mass is 16.3. The van der Waals surface area contributed by atoms with Crippen LogP contribution in [0.15, 0.2) is 30.3 Å². The quantitative estimate of drug-likeness (QED) is 0.694. The topological polar surface area (TPSA) is 97.9 Å². The van der Waals surface area contributed by atoms with Crippen molar-refractivity contribution in [1.82, 2.24) is 29.9 Å². The molecule has 26 heavy (non-hydrogen) atoms. The van der Waals surface area contributed by atoms with Gasteiger partial charge in [0.15, 0.2) is 11.6 Å². The molecular weight excluding hydrogens is 332 g/mol. The van der Waals surface area contributed by atoms with Gasteiger partial charge in [-0.2, -0.15) is 10.2 Å². The van der Waals surface area contributed by atoms with Gasteiger partial charge in [-0.15, -0.1) is 0 Å². The van der Waals surface area contributed by atoms with Crippen LogP contribution in [0.25, 0.3) is 11.4 Å². The highest BCUT2D eigenvalue weighted by Crippen LogP contribution is 2.18. The summed E-state index contributed by atoms with van der Waals surface area (Å²) >= 11 is 0. The van der Waals surface area contributed by atoms with Crippen LogP contribution in [0.3, 0.4) is 0 Å². The van der Waals surface area contributed by atoms with Gasteiger partial charge in [0.1, 0.15) is 6.61 Å². The smallest absolute Gasteiger partial charge is 0.251 e. The van der Waals surface area contributed by atoms with Crippen LogP contribution in [0, 0.1) is 13.8 Å². The summed E-state index contributed by atoms with van der Waals surface area (Å²) in [5, 5.41) is 20.6. The summed E-state index contributed by atoms with van der Waals surface area (Å²) in [5.74, 6) is 0.798. The minimum absolute atomic E-state index is 0.155. The van der Waals surface area contributed by atoms with Gasteiger partial charge in [0, 0.05) is 30.4 Å². The largest absolute Gasteiger partial charge is 0.388 e. The number of hydrogen-bond donors (Lipinski definition) is 2. The summed E-state index contributed by atoms with van der Waals surface area (Å²) in [7, 11) is 1.75. The van der Waals surface area contributed by atoms with E-state index in [1.54, 1.807) is 29.9 Å². The molecule has 0 aliphatic heterocycles. The van der Waals surface area contributed by atoms with Gasteiger partial charge in [-0.3, -0.25) is 9.48 Å². The second-order valence-electron chi connectivity index (χ2n) is 6.12. The van der Waals surface area contributed by atoms with E-state index in [-0.39, 0.29) is 12.5 Å². The summed E-state index contributed by atoms with van der Waals surface area (Å²) in [6.07, 6.45) is 0. The van der Waals surface area contributed by atoms with Crippen molar-refractivity contribution in [3.05, 3.63) is 53.1 Å². The first kappa shape index (κ1) is 17.8. The molecule has 3 rings (SSSR count). The molecule has 1 aromatic carbocycles. The van der Waals surface area contributed by atoms with Gasteiger partial charge < -0.3 is 10.4 Å². The number of nitrogens with one attached hydrogen (secondary N) is 1. The van der Waals surface area contributed by atoms with Gasteiger partial charge in [-0.05, 0) is 32.0 Å². The number of aliphatic hydroxyl groups is 1. The molecule has 136 valence electrons. The van der Waals surface area contributed by atoms with E-state index in [0.717, 1.165) is 17.0 Å². The summed E-state index contributed by atoms with van der Waals surface area (Å²) in [6, 6.07) is 9.19. The first-order valence-electron chi connectivity index (χ1n) is 8.38. The summed E-state index contributed by atoms with van der Waals surface area (Å²) in [6.45, 7) is 4.83. The lowest BCUT2D eigenvalue weighted by molar-refractivity contribution is 0.0952. The van der Waals surface area contributed by atoms with Crippen LogP contribution in [0.1, 0.15) is 27.6 Å². The van der Waals surface area contributed by atoms with E-state index in [2.05, 4.69) is 20.5 Å². The van der Waals surface area contributed by atoms with E-state index in [4.69, 9.17) is 5.11 Å². The average Bonchev–Trinajstić information content (AvgIpc) is 3.16. The number of benzene rings is 1. The predicted octanol–water partition coefficient (Wildman–Crippen LogP) is 1.22. The van der Waals surface area contributed by atoms with Crippen molar-refractivity contribution in [1.29, 1.82) is 0 Å². The fourth-order valence-electron chi connectivity index (χ4n) is 2.83. The zero-order valence-electron chi connectivity index (χ0n) is 15.1. The van der Waals surface area contributed by atoms with E-state index in [9.17, 15) is 4.79 Å². The van der Waals surface area contributed by atoms with E-state index >= 15 is 0 Å². The van der Waals surface area contributed by atoms with Crippen molar-refractivity contribution in [2.75, 3.05) is 6.54 Å². The maximum Gasteiger partial charge on any atom is 0.251 e. The van der Waals surface area contributed by atoms with E-state index in [1.807, 2.05) is 30.7 Å². The molecule has 2 heterocycles. The highest BCUT2D eigenvalue weighted by molar-refractivity contribution is 5.95. The van der Waals surface area contributed by atoms with Gasteiger partial charge in [-0.1, -0.05) is 12.1 Å². The van der Waals surface area contributed by atoms with Gasteiger partial charge >= 0.3 is 0 Å². The molecule has 0 bridgehead atoms. The van der Waals surface area contributed by atoms with Crippen LogP contribution in [-0.4, -0.2) is 42.1 Å². The number of nitrogens with zero attached hydrogens (tertiary/aromatic N) is 5. The molecule has 0 atom stereocenters. The van der Waals surface area contributed by atoms with Crippen LogP contribution in [-0.2, 0) is 20.2 Å². The Morgan fingerprint density at radius 3 is 2.69 bits per heavy atom. The van der Waals surface area contributed by atoms with Crippen LogP contribution < -0.4 is 5.32 Å². The van der Waals surface area contributed by atoms with Gasteiger partial charge in [0.25, 0.3) is 5.91 Å². The number of carbonyl (C=O) groups is 1. The first-order chi connectivity index (χ1) is 12.5. The Morgan fingerprint density at radius 2 is 2.04 bits per heavy atom. The molecule has 2 N–H and O–H groups in total. The standard InChI is InChI=1S/C18H22N6O2/c1-12-9-13(2)24(21-12)8-7-19-18(26)15-6-4-5-14(10-15)17-20-16(11-25)22-23(17)3/h4-6,9-10,25H,7-8,11H2,1-3H3,(H,19,26). The number of amides is 1. The molecule has 2 aromatic heterocycles. The molecule has 3 aromatic rings. The predicted molar refractivity (Wildman–Crippen MR) is 96.4 cm³/mol. The molecule has 0 aliphatic rings. The van der Waals surface area contributed by atoms with Crippen LogP contribution in [0.5, 0.6) is 0 Å². The molecule has 0 unspecified atom stereocenters. The molecule has 1 amide bonds. The molecule has 0 saturated heterocycles. The molecule has 0 saturated carbocycles. The molecule has 8 heteroatoms. The molecule has 0 spiro atoms. The second-order valence-corrected chi connectivity index (χ2v) is 6.12. The number of aromatic nitrogens is 5. The molecule has 8 nitrogen and oxygen atoms in total. The number of hydrogen-bond acceptors (Lipinski definition) is 5. The van der Waals surface area contributed by atoms with Gasteiger partial charge in [0.2, 0.25) is 0 Å². The van der Waals surface area contributed by atoms with Gasteiger partial charge in [0.05, 0.1) is 12.2 Å². The average molecular weight is 354 g/mol. The normalized spacial score (nSPS) is 10.9. The second kappa shape index (κ2) is 7.49. The molecule has 0 aliphatic carbocycles. The fourth-order valence-corrected chi connectivity index (χ4v) is 2.83. The van der Waals surface area contributed by atoms with Crippen molar-refractivity contribution in [2.24, 2.45) is 7.05 Å². The summed E-state index contributed by atoms with van der Waals surface area (Å²) in [5.41, 5.74) is 3.35. The molecule has 0 radical (unpaired) electrons. The SMILES string of the molecule is Cc1cc(C)n(CCNC(=O)c2cccc(-c3nc(CO)nn3C)c2)n1. The lowest BCUT2D eigenvalue weighted by Gasteiger charge is -2.08. The zero-order valence-corrected chi connectivity index (χ0v) is 15.1. The first-order valence-corrected chi connectivity index (χ1v) is 8.38. The van der Waals surface area contributed by atoms with Crippen molar-refractivity contribution in [3.63, 3.8) is 0 Å². The minimum Gasteiger partial charge on any atom is -0.388 e. The van der Waals surface area contributed by atoms with Crippen LogP contribution in [0.4, 0.5) is 0 Å². The Morgan fingerprint density at radius 1 is 1.23 bits per heavy atom. The molecule has 0 fully saturated rings. The lowest BCUT2D eigenvalue weighted by atomic mass is 10.1. The highest BCUT2D eigenvalue weighted by Gasteiger charge is 2.12. The number of carbonyl (C=O) groups excluding carboxylic acids is 1. The van der Waals surface area contributed by atoms with Gasteiger partial charge in [-0.25, -0.2) is 9.67 Å². The Kier molecular flexibility index (Phi) is 5.13. The Bertz CT molecular complexity index is 928. The number of aryl methyl sites for hydroxylation is 3. The number of rotatable bonds is 6. The lowest BCUT2D eigenvalue weighted by Crippen LogP contribution is -2.27. The van der Waals surface area contributed by atoms with Crippen molar-refractivity contribution >= 4 is 5.91 Å². The number of aliphatic hydroxyl groups excluding tert-OH is 1. The van der Waals surface area contributed by atoms with Crippen LogP contribution >= 0.6 is 0 Å². The fraction of sp³-hybridized carbons (Fsp3) is 0.333. The maximum atomic E-state index is 12.4. The van der Waals surface area contributed by atoms with Crippen molar-refractivity contribution in [3.8, 4) is 11.4 Å². The summed E-state index contributed by atoms with van der Waals surface area (Å²) in [4.78, 5) is 16.7. The van der Waals surface area contributed by atoms with Crippen molar-refractivity contribution < 1.29 is 9.90 Å². The Labute approximate surface area is 151 Å². The van der Waals surface area contributed by atoms with Crippen molar-refractivity contribution in [2.45, 2.75) is 27.0 Å².